The van der Waals surface area contributed by atoms with Crippen molar-refractivity contribution in [3.05, 3.63) is 35.9 Å². The Labute approximate surface area is 102 Å². The van der Waals surface area contributed by atoms with Gasteiger partial charge in [-0.2, -0.15) is 0 Å². The van der Waals surface area contributed by atoms with Crippen LogP contribution in [0.2, 0.25) is 0 Å². The molecular weight excluding hydrogens is 214 g/mol. The van der Waals surface area contributed by atoms with Gasteiger partial charge in [0.15, 0.2) is 0 Å². The Bertz CT molecular complexity index is 390. The molecule has 0 radical (unpaired) electrons. The zero-order chi connectivity index (χ0) is 12.3. The van der Waals surface area contributed by atoms with Crippen LogP contribution in [0.3, 0.4) is 0 Å². The highest BCUT2D eigenvalue weighted by Crippen LogP contribution is 2.28. The number of rotatable bonds is 3. The fraction of sp³-hybridized carbons (Fsp3) is 0.500. The Hall–Kier alpha value is -1.35. The summed E-state index contributed by atoms with van der Waals surface area (Å²) >= 11 is 0. The Balaban J connectivity index is 2.15. The van der Waals surface area contributed by atoms with Crippen LogP contribution in [-0.2, 0) is 11.3 Å². The summed E-state index contributed by atoms with van der Waals surface area (Å²) in [5.74, 6) is -0.951. The van der Waals surface area contributed by atoms with Crippen LogP contribution in [0, 0.1) is 0 Å². The van der Waals surface area contributed by atoms with Crippen molar-refractivity contribution in [3.63, 3.8) is 0 Å². The molecule has 3 heteroatoms. The molecule has 92 valence electrons. The van der Waals surface area contributed by atoms with Gasteiger partial charge in [-0.1, -0.05) is 30.3 Å². The third kappa shape index (κ3) is 2.50. The molecule has 0 aliphatic carbocycles. The lowest BCUT2D eigenvalue weighted by Gasteiger charge is -2.45. The van der Waals surface area contributed by atoms with Crippen LogP contribution < -0.4 is 5.11 Å². The van der Waals surface area contributed by atoms with Gasteiger partial charge in [-0.15, -0.1) is 0 Å². The first-order chi connectivity index (χ1) is 8.13. The number of likely N-dealkylation sites (tertiary alicyclic amines) is 1. The standard InChI is InChI=1S/C14H19NO2/c1-14(13(16)17)9-5-6-10-15(14)11-12-7-3-2-4-8-12/h2-4,7-8H,5-6,9-11H2,1H3,(H,16,17)/p-1. The molecule has 1 heterocycles. The summed E-state index contributed by atoms with van der Waals surface area (Å²) in [6.07, 6.45) is 2.72. The lowest BCUT2D eigenvalue weighted by atomic mass is 9.88. The molecule has 1 aliphatic rings. The lowest BCUT2D eigenvalue weighted by molar-refractivity contribution is -0.320. The van der Waals surface area contributed by atoms with Crippen LogP contribution in [0.5, 0.6) is 0 Å². The van der Waals surface area contributed by atoms with Crippen LogP contribution in [0.1, 0.15) is 31.7 Å². The molecule has 0 aromatic heterocycles. The highest BCUT2D eigenvalue weighted by molar-refractivity contribution is 5.76. The molecule has 2 rings (SSSR count). The van der Waals surface area contributed by atoms with Crippen molar-refractivity contribution in [2.45, 2.75) is 38.3 Å². The number of hydrogen-bond acceptors (Lipinski definition) is 3. The van der Waals surface area contributed by atoms with Gasteiger partial charge in [0.2, 0.25) is 0 Å². The largest absolute Gasteiger partial charge is 0.548 e. The van der Waals surface area contributed by atoms with E-state index in [9.17, 15) is 9.90 Å². The quantitative estimate of drug-likeness (QED) is 0.786. The van der Waals surface area contributed by atoms with Crippen molar-refractivity contribution in [1.82, 2.24) is 4.90 Å². The highest BCUT2D eigenvalue weighted by Gasteiger charge is 2.35. The third-order valence-electron chi connectivity index (χ3n) is 3.70. The van der Waals surface area contributed by atoms with Crippen LogP contribution in [0.25, 0.3) is 0 Å². The van der Waals surface area contributed by atoms with Gasteiger partial charge in [-0.05, 0) is 38.3 Å². The Morgan fingerprint density at radius 2 is 2.06 bits per heavy atom. The van der Waals surface area contributed by atoms with Crippen molar-refractivity contribution in [1.29, 1.82) is 0 Å². The minimum Gasteiger partial charge on any atom is -0.548 e. The summed E-state index contributed by atoms with van der Waals surface area (Å²) in [7, 11) is 0. The first kappa shape index (κ1) is 12.1. The molecule has 17 heavy (non-hydrogen) atoms. The predicted molar refractivity (Wildman–Crippen MR) is 64.1 cm³/mol. The number of carboxylic acid groups (broad SMARTS) is 1. The average Bonchev–Trinajstić information content (AvgIpc) is 2.33. The van der Waals surface area contributed by atoms with E-state index < -0.39 is 11.5 Å². The molecule has 1 aliphatic heterocycles. The smallest absolute Gasteiger partial charge is 0.0615 e. The first-order valence-electron chi connectivity index (χ1n) is 6.13. The topological polar surface area (TPSA) is 43.4 Å². The average molecular weight is 232 g/mol. The van der Waals surface area contributed by atoms with E-state index in [1.165, 1.54) is 0 Å². The van der Waals surface area contributed by atoms with E-state index in [2.05, 4.69) is 0 Å². The van der Waals surface area contributed by atoms with Gasteiger partial charge in [0.25, 0.3) is 0 Å². The van der Waals surface area contributed by atoms with Gasteiger partial charge in [-0.25, -0.2) is 0 Å². The zero-order valence-electron chi connectivity index (χ0n) is 10.2. The van der Waals surface area contributed by atoms with Crippen LogP contribution in [0.15, 0.2) is 30.3 Å². The van der Waals surface area contributed by atoms with E-state index in [0.29, 0.717) is 13.0 Å². The van der Waals surface area contributed by atoms with Gasteiger partial charge >= 0.3 is 0 Å². The van der Waals surface area contributed by atoms with E-state index >= 15 is 0 Å². The van der Waals surface area contributed by atoms with E-state index in [1.807, 2.05) is 35.2 Å². The molecule has 1 aromatic rings. The first-order valence-corrected chi connectivity index (χ1v) is 6.13. The predicted octanol–water partition coefficient (Wildman–Crippen LogP) is 1.18. The van der Waals surface area contributed by atoms with E-state index in [0.717, 1.165) is 24.9 Å². The SMILES string of the molecule is CC1(C(=O)[O-])CCCCN1Cc1ccccc1. The van der Waals surface area contributed by atoms with Crippen molar-refractivity contribution in [2.75, 3.05) is 6.54 Å². The van der Waals surface area contributed by atoms with Gasteiger partial charge in [-0.3, -0.25) is 4.90 Å². The number of hydrogen-bond donors (Lipinski definition) is 0. The number of carboxylic acids is 1. The summed E-state index contributed by atoms with van der Waals surface area (Å²) in [6.45, 7) is 3.30. The van der Waals surface area contributed by atoms with Gasteiger partial charge in [0.1, 0.15) is 0 Å². The Morgan fingerprint density at radius 1 is 1.35 bits per heavy atom. The fourth-order valence-corrected chi connectivity index (χ4v) is 2.47. The van der Waals surface area contributed by atoms with Gasteiger partial charge in [0.05, 0.1) is 11.5 Å². The number of benzene rings is 1. The second-order valence-electron chi connectivity index (χ2n) is 4.93. The maximum Gasteiger partial charge on any atom is 0.0615 e. The Morgan fingerprint density at radius 3 is 2.71 bits per heavy atom. The number of carbonyl (C=O) groups is 1. The van der Waals surface area contributed by atoms with Crippen LogP contribution >= 0.6 is 0 Å². The van der Waals surface area contributed by atoms with Crippen LogP contribution in [-0.4, -0.2) is 23.0 Å². The molecule has 1 unspecified atom stereocenters. The molecular formula is C14H18NO2-. The minimum absolute atomic E-state index is 0.683. The summed E-state index contributed by atoms with van der Waals surface area (Å²) in [5, 5.41) is 11.3. The number of piperidine rings is 1. The Kier molecular flexibility index (Phi) is 3.48. The molecule has 0 spiro atoms. The molecule has 0 amide bonds. The van der Waals surface area contributed by atoms with Crippen LogP contribution in [0.4, 0.5) is 0 Å². The van der Waals surface area contributed by atoms with E-state index in [1.54, 1.807) is 6.92 Å². The molecule has 1 fully saturated rings. The summed E-state index contributed by atoms with van der Waals surface area (Å²) in [4.78, 5) is 13.4. The molecule has 0 bridgehead atoms. The molecule has 3 nitrogen and oxygen atoms in total. The van der Waals surface area contributed by atoms with Gasteiger partial charge < -0.3 is 9.90 Å². The second-order valence-corrected chi connectivity index (χ2v) is 4.93. The molecule has 1 atom stereocenters. The maximum atomic E-state index is 11.3. The van der Waals surface area contributed by atoms with Crippen molar-refractivity contribution in [3.8, 4) is 0 Å². The monoisotopic (exact) mass is 232 g/mol. The normalized spacial score (nSPS) is 25.7. The number of nitrogens with zero attached hydrogens (tertiary/aromatic N) is 1. The molecule has 1 saturated heterocycles. The fourth-order valence-electron chi connectivity index (χ4n) is 2.47. The van der Waals surface area contributed by atoms with Gasteiger partial charge in [0, 0.05) is 6.54 Å². The molecule has 0 N–H and O–H groups in total. The maximum absolute atomic E-state index is 11.3. The summed E-state index contributed by atoms with van der Waals surface area (Å²) < 4.78 is 0. The van der Waals surface area contributed by atoms with Crippen molar-refractivity contribution < 1.29 is 9.90 Å². The summed E-state index contributed by atoms with van der Waals surface area (Å²) in [6, 6.07) is 10.00. The lowest BCUT2D eigenvalue weighted by Crippen LogP contribution is -2.59. The number of aliphatic carboxylic acids is 1. The molecule has 1 aromatic carbocycles. The third-order valence-corrected chi connectivity index (χ3v) is 3.70. The molecule has 0 saturated carbocycles. The minimum atomic E-state index is -0.951. The second kappa shape index (κ2) is 4.88. The highest BCUT2D eigenvalue weighted by atomic mass is 16.4. The van der Waals surface area contributed by atoms with Crippen molar-refractivity contribution in [2.24, 2.45) is 0 Å². The van der Waals surface area contributed by atoms with E-state index in [4.69, 9.17) is 0 Å². The number of carbonyl (C=O) groups excluding carboxylic acids is 1. The van der Waals surface area contributed by atoms with E-state index in [-0.39, 0.29) is 0 Å². The van der Waals surface area contributed by atoms with Crippen molar-refractivity contribution >= 4 is 5.97 Å². The zero-order valence-corrected chi connectivity index (χ0v) is 10.2. The summed E-state index contributed by atoms with van der Waals surface area (Å²) in [5.41, 5.74) is 0.343.